The summed E-state index contributed by atoms with van der Waals surface area (Å²) in [5.41, 5.74) is 0.395. The Bertz CT molecular complexity index is 459. The van der Waals surface area contributed by atoms with Gasteiger partial charge in [0.2, 0.25) is 0 Å². The number of halogens is 2. The molecule has 3 nitrogen and oxygen atoms in total. The molecule has 0 spiro atoms. The van der Waals surface area contributed by atoms with E-state index in [9.17, 15) is 9.18 Å². The molecular weight excluding hydrogens is 267 g/mol. The Labute approximate surface area is 119 Å². The van der Waals surface area contributed by atoms with Gasteiger partial charge in [0.25, 0.3) is 5.91 Å². The highest BCUT2D eigenvalue weighted by molar-refractivity contribution is 5.95. The summed E-state index contributed by atoms with van der Waals surface area (Å²) in [7, 11) is 0. The van der Waals surface area contributed by atoms with Crippen molar-refractivity contribution in [1.29, 1.82) is 0 Å². The maximum atomic E-state index is 13.9. The monoisotopic (exact) mass is 286 g/mol. The standard InChI is InChI=1S/C14H19FN2O.ClH/c1-10-4-3-5-11(12(10)15)13(18)17-14(2)6-8-16-9-7-14;/h3-5,16H,6-9H2,1-2H3,(H,17,18);1H. The zero-order valence-electron chi connectivity index (χ0n) is 11.3. The lowest BCUT2D eigenvalue weighted by atomic mass is 9.90. The predicted molar refractivity (Wildman–Crippen MR) is 76.4 cm³/mol. The van der Waals surface area contributed by atoms with Crippen molar-refractivity contribution in [3.8, 4) is 0 Å². The fraction of sp³-hybridized carbons (Fsp3) is 0.500. The third-order valence-corrected chi connectivity index (χ3v) is 3.56. The second kappa shape index (κ2) is 6.35. The van der Waals surface area contributed by atoms with E-state index in [1.54, 1.807) is 19.1 Å². The highest BCUT2D eigenvalue weighted by Crippen LogP contribution is 2.19. The SMILES string of the molecule is Cc1cccc(C(=O)NC2(C)CCNCC2)c1F.Cl. The minimum absolute atomic E-state index is 0. The molecule has 0 aromatic heterocycles. The first-order valence-electron chi connectivity index (χ1n) is 6.30. The minimum atomic E-state index is -0.424. The lowest BCUT2D eigenvalue weighted by Crippen LogP contribution is -2.52. The average Bonchev–Trinajstić information content (AvgIpc) is 2.33. The van der Waals surface area contributed by atoms with Crippen LogP contribution in [0, 0.1) is 12.7 Å². The molecule has 0 bridgehead atoms. The van der Waals surface area contributed by atoms with Crippen LogP contribution in [0.25, 0.3) is 0 Å². The van der Waals surface area contributed by atoms with Crippen molar-refractivity contribution >= 4 is 18.3 Å². The van der Waals surface area contributed by atoms with Gasteiger partial charge in [-0.05, 0) is 51.4 Å². The summed E-state index contributed by atoms with van der Waals surface area (Å²) in [6.07, 6.45) is 1.73. The smallest absolute Gasteiger partial charge is 0.254 e. The van der Waals surface area contributed by atoms with E-state index in [4.69, 9.17) is 0 Å². The highest BCUT2D eigenvalue weighted by atomic mass is 35.5. The van der Waals surface area contributed by atoms with Crippen molar-refractivity contribution in [2.75, 3.05) is 13.1 Å². The average molecular weight is 287 g/mol. The fourth-order valence-corrected chi connectivity index (χ4v) is 2.27. The minimum Gasteiger partial charge on any atom is -0.347 e. The van der Waals surface area contributed by atoms with Crippen molar-refractivity contribution in [3.63, 3.8) is 0 Å². The van der Waals surface area contributed by atoms with E-state index in [0.717, 1.165) is 25.9 Å². The zero-order chi connectivity index (χ0) is 13.2. The maximum Gasteiger partial charge on any atom is 0.254 e. The molecule has 0 atom stereocenters. The van der Waals surface area contributed by atoms with Gasteiger partial charge < -0.3 is 10.6 Å². The molecule has 1 heterocycles. The molecule has 0 saturated carbocycles. The Morgan fingerprint density at radius 1 is 1.37 bits per heavy atom. The van der Waals surface area contributed by atoms with Gasteiger partial charge in [0.1, 0.15) is 5.82 Å². The summed E-state index contributed by atoms with van der Waals surface area (Å²) in [6.45, 7) is 5.44. The summed E-state index contributed by atoms with van der Waals surface area (Å²) in [5.74, 6) is -0.742. The van der Waals surface area contributed by atoms with E-state index in [-0.39, 0.29) is 29.4 Å². The molecule has 0 unspecified atom stereocenters. The number of piperidine rings is 1. The lowest BCUT2D eigenvalue weighted by molar-refractivity contribution is 0.0883. The van der Waals surface area contributed by atoms with Crippen molar-refractivity contribution in [2.24, 2.45) is 0 Å². The Morgan fingerprint density at radius 3 is 2.63 bits per heavy atom. The molecule has 1 aliphatic heterocycles. The van der Waals surface area contributed by atoms with Crippen molar-refractivity contribution < 1.29 is 9.18 Å². The van der Waals surface area contributed by atoms with E-state index in [2.05, 4.69) is 10.6 Å². The van der Waals surface area contributed by atoms with Crippen LogP contribution < -0.4 is 10.6 Å². The van der Waals surface area contributed by atoms with Crippen LogP contribution in [0.2, 0.25) is 0 Å². The molecule has 1 amide bonds. The summed E-state index contributed by atoms with van der Waals surface area (Å²) in [6, 6.07) is 4.90. The fourth-order valence-electron chi connectivity index (χ4n) is 2.27. The van der Waals surface area contributed by atoms with Gasteiger partial charge in [-0.2, -0.15) is 0 Å². The number of amides is 1. The first kappa shape index (κ1) is 15.9. The van der Waals surface area contributed by atoms with Crippen molar-refractivity contribution in [3.05, 3.63) is 35.1 Å². The summed E-state index contributed by atoms with van der Waals surface area (Å²) < 4.78 is 13.9. The molecule has 1 aromatic carbocycles. The lowest BCUT2D eigenvalue weighted by Gasteiger charge is -2.35. The van der Waals surface area contributed by atoms with Gasteiger partial charge in [-0.25, -0.2) is 4.39 Å². The molecule has 1 aliphatic rings. The summed E-state index contributed by atoms with van der Waals surface area (Å²) >= 11 is 0. The topological polar surface area (TPSA) is 41.1 Å². The van der Waals surface area contributed by atoms with E-state index in [0.29, 0.717) is 5.56 Å². The van der Waals surface area contributed by atoms with Crippen molar-refractivity contribution in [2.45, 2.75) is 32.2 Å². The van der Waals surface area contributed by atoms with Crippen LogP contribution in [0.1, 0.15) is 35.7 Å². The molecule has 5 heteroatoms. The predicted octanol–water partition coefficient (Wildman–Crippen LogP) is 2.43. The van der Waals surface area contributed by atoms with Crippen LogP contribution in [0.15, 0.2) is 18.2 Å². The van der Waals surface area contributed by atoms with Crippen LogP contribution in [0.3, 0.4) is 0 Å². The molecule has 0 aliphatic carbocycles. The molecule has 0 radical (unpaired) electrons. The summed E-state index contributed by atoms with van der Waals surface area (Å²) in [4.78, 5) is 12.1. The van der Waals surface area contributed by atoms with Gasteiger partial charge >= 0.3 is 0 Å². The molecule has 19 heavy (non-hydrogen) atoms. The highest BCUT2D eigenvalue weighted by Gasteiger charge is 2.29. The molecule has 106 valence electrons. The molecule has 2 N–H and O–H groups in total. The van der Waals surface area contributed by atoms with E-state index in [1.807, 2.05) is 6.92 Å². The Kier molecular flexibility index (Phi) is 5.32. The molecule has 1 saturated heterocycles. The van der Waals surface area contributed by atoms with Crippen LogP contribution in [-0.2, 0) is 0 Å². The first-order valence-corrected chi connectivity index (χ1v) is 6.30. The third-order valence-electron chi connectivity index (χ3n) is 3.56. The van der Waals surface area contributed by atoms with Crippen molar-refractivity contribution in [1.82, 2.24) is 10.6 Å². The quantitative estimate of drug-likeness (QED) is 0.877. The van der Waals surface area contributed by atoms with E-state index < -0.39 is 5.82 Å². The molecule has 2 rings (SSSR count). The van der Waals surface area contributed by atoms with Crippen LogP contribution >= 0.6 is 12.4 Å². The van der Waals surface area contributed by atoms with Gasteiger partial charge in [-0.3, -0.25) is 4.79 Å². The van der Waals surface area contributed by atoms with Crippen LogP contribution in [-0.4, -0.2) is 24.5 Å². The molecular formula is C14H20ClFN2O. The number of hydrogen-bond donors (Lipinski definition) is 2. The van der Waals surface area contributed by atoms with Gasteiger partial charge in [0, 0.05) is 5.54 Å². The normalized spacial score (nSPS) is 17.4. The second-order valence-corrected chi connectivity index (χ2v) is 5.20. The van der Waals surface area contributed by atoms with Gasteiger partial charge in [-0.15, -0.1) is 12.4 Å². The number of carbonyl (C=O) groups is 1. The van der Waals surface area contributed by atoms with Gasteiger partial charge in [0.05, 0.1) is 5.56 Å². The van der Waals surface area contributed by atoms with Gasteiger partial charge in [-0.1, -0.05) is 12.1 Å². The number of carbonyl (C=O) groups excluding carboxylic acids is 1. The first-order chi connectivity index (χ1) is 8.52. The molecule has 1 fully saturated rings. The number of nitrogens with one attached hydrogen (secondary N) is 2. The third kappa shape index (κ3) is 3.67. The Morgan fingerprint density at radius 2 is 2.00 bits per heavy atom. The number of rotatable bonds is 2. The zero-order valence-corrected chi connectivity index (χ0v) is 12.1. The van der Waals surface area contributed by atoms with Crippen LogP contribution in [0.4, 0.5) is 4.39 Å². The van der Waals surface area contributed by atoms with E-state index >= 15 is 0 Å². The Balaban J connectivity index is 0.00000180. The molecule has 1 aromatic rings. The van der Waals surface area contributed by atoms with Gasteiger partial charge in [0.15, 0.2) is 0 Å². The largest absolute Gasteiger partial charge is 0.347 e. The maximum absolute atomic E-state index is 13.9. The second-order valence-electron chi connectivity index (χ2n) is 5.20. The van der Waals surface area contributed by atoms with Crippen LogP contribution in [0.5, 0.6) is 0 Å². The Hall–Kier alpha value is -1.13. The van der Waals surface area contributed by atoms with E-state index in [1.165, 1.54) is 6.07 Å². The number of benzene rings is 1. The summed E-state index contributed by atoms with van der Waals surface area (Å²) in [5, 5.41) is 6.21. The number of hydrogen-bond acceptors (Lipinski definition) is 2. The number of aryl methyl sites for hydroxylation is 1.